The van der Waals surface area contributed by atoms with Crippen LogP contribution in [0.5, 0.6) is 5.88 Å². The van der Waals surface area contributed by atoms with Crippen molar-refractivity contribution in [2.45, 2.75) is 77.8 Å². The molecule has 1 amide bonds. The SMILES string of the molecule is CC(C)(C#N)c1cc(Cn2cncn2)cc(C(C)(C)C#N)c1.CCN(CC)C(=O)[C@@H]1C=C2c3cccc4[nH]cc(c34)C[C@H]2N(C)C1.CN(C)c1nc(N(C)C)nc(N(C)C)n1.NCCCNCCSP(=O)(O)O.Oc1ncnc2[nH]ncc12.[AsH3]. The van der Waals surface area contributed by atoms with Crippen molar-refractivity contribution in [1.29, 1.82) is 10.5 Å². The molecule has 0 saturated heterocycles. The van der Waals surface area contributed by atoms with E-state index >= 15 is 0 Å². The molecule has 28 heteroatoms. The first-order chi connectivity index (χ1) is 39.3. The minimum absolute atomic E-state index is 0. The Morgan fingerprint density at radius 2 is 1.52 bits per heavy atom. The molecule has 9 rings (SSSR count). The van der Waals surface area contributed by atoms with Crippen molar-refractivity contribution in [2.24, 2.45) is 11.7 Å². The molecule has 1 aliphatic carbocycles. The second-order valence-electron chi connectivity index (χ2n) is 21.4. The van der Waals surface area contributed by atoms with Crippen molar-refractivity contribution in [1.82, 2.24) is 70.0 Å². The van der Waals surface area contributed by atoms with Gasteiger partial charge in [-0.25, -0.2) is 24.2 Å². The van der Waals surface area contributed by atoms with E-state index < -0.39 is 17.6 Å². The minimum atomic E-state index is -3.87. The standard InChI is InChI=1S/C20H25N3O.C17H19N5.C9H18N6.C5H4N4O.C5H15N2O3PS.AsH3/c1-4-23(5-2)20(24)14-9-16-15-7-6-8-17-19(15)13(11-21-17)10-18(16)22(3)12-14;1-16(2,9-18)14-5-13(8-22-12-20-11-21-22)6-15(7-14)17(3,4)10-19;1-13(2)7-10-8(14(3)4)12-9(11-7)15(5)6;10-5-3-1-8-9-4(3)6-2-7-5;6-2-1-3-7-4-5-12-11(8,9)10;/h6-9,11,14,18,21H,4-5,10,12H2,1-3H3;5-7,11-12H,8H2,1-4H3;1-6H3;1-2H,(H2,6,7,8,9,10);7H,1-6H2,(H2,8,9,10);1H3/t14-,18-;;;;;/m1...../s1. The van der Waals surface area contributed by atoms with Crippen molar-refractivity contribution in [2.75, 3.05) is 109 Å². The molecule has 0 fully saturated rings. The number of rotatable bonds is 17. The molecule has 0 bridgehead atoms. The van der Waals surface area contributed by atoms with E-state index in [1.165, 1.54) is 46.5 Å². The van der Waals surface area contributed by atoms with Crippen LogP contribution in [0.15, 0.2) is 73.8 Å². The number of aromatic amines is 2. The first-order valence-electron chi connectivity index (χ1n) is 27.1. The summed E-state index contributed by atoms with van der Waals surface area (Å²) in [6, 6.07) is 17.4. The number of nitriles is 2. The van der Waals surface area contributed by atoms with Gasteiger partial charge in [-0.05, 0) is 125 Å². The van der Waals surface area contributed by atoms with Gasteiger partial charge >= 0.3 is 24.8 Å². The summed E-state index contributed by atoms with van der Waals surface area (Å²) >= 11 is 0.665. The van der Waals surface area contributed by atoms with E-state index in [4.69, 9.17) is 20.6 Å². The Bertz CT molecular complexity index is 3270. The number of nitrogens with zero attached hydrogens (tertiary/aromatic N) is 16. The topological polar surface area (TPSA) is 336 Å². The molecule has 25 nitrogen and oxygen atoms in total. The van der Waals surface area contributed by atoms with Crippen LogP contribution < -0.4 is 25.8 Å². The third-order valence-electron chi connectivity index (χ3n) is 13.6. The van der Waals surface area contributed by atoms with Gasteiger partial charge in [0.1, 0.15) is 24.4 Å². The van der Waals surface area contributed by atoms with Crippen molar-refractivity contribution in [3.05, 3.63) is 102 Å². The van der Waals surface area contributed by atoms with Gasteiger partial charge in [-0.1, -0.05) is 36.4 Å². The summed E-state index contributed by atoms with van der Waals surface area (Å²) in [5.41, 5.74) is 12.6. The number of aromatic nitrogens is 11. The summed E-state index contributed by atoms with van der Waals surface area (Å²) in [7, 11) is 13.6. The first-order valence-corrected chi connectivity index (χ1v) is 30.3. The van der Waals surface area contributed by atoms with E-state index in [2.05, 4.69) is 124 Å². The fourth-order valence-electron chi connectivity index (χ4n) is 8.79. The van der Waals surface area contributed by atoms with E-state index in [1.54, 1.807) is 11.0 Å². The van der Waals surface area contributed by atoms with Crippen LogP contribution in [0.2, 0.25) is 0 Å². The molecule has 2 aromatic carbocycles. The molecule has 0 spiro atoms. The molecule has 5 aromatic heterocycles. The number of aromatic hydroxyl groups is 1. The van der Waals surface area contributed by atoms with Crippen molar-refractivity contribution < 1.29 is 24.3 Å². The summed E-state index contributed by atoms with van der Waals surface area (Å²) in [5.74, 6) is 2.59. The number of nitrogens with one attached hydrogen (secondary N) is 3. The van der Waals surface area contributed by atoms with Gasteiger partial charge in [-0.3, -0.25) is 14.8 Å². The molecule has 0 saturated carbocycles. The second-order valence-corrected chi connectivity index (χ2v) is 25.2. The number of H-pyrrole nitrogens is 2. The van der Waals surface area contributed by atoms with Crippen LogP contribution in [0, 0.1) is 28.6 Å². The number of nitrogens with two attached hydrogens (primary N) is 1. The number of anilines is 3. The van der Waals surface area contributed by atoms with Gasteiger partial charge in [-0.2, -0.15) is 35.7 Å². The number of carbonyl (C=O) groups excluding carboxylic acids is 1. The fourth-order valence-corrected chi connectivity index (χ4v) is 10.3. The van der Waals surface area contributed by atoms with Crippen LogP contribution in [0.3, 0.4) is 0 Å². The Morgan fingerprint density at radius 1 is 0.917 bits per heavy atom. The Labute approximate surface area is 507 Å². The molecule has 2 aliphatic rings. The number of hydrogen-bond acceptors (Lipinski definition) is 20. The quantitative estimate of drug-likeness (QED) is 0.0374. The molecule has 84 heavy (non-hydrogen) atoms. The predicted molar refractivity (Wildman–Crippen MR) is 338 cm³/mol. The summed E-state index contributed by atoms with van der Waals surface area (Å²) < 4.78 is 12.1. The Kier molecular flexibility index (Phi) is 26.3. The number of benzene rings is 2. The van der Waals surface area contributed by atoms with Gasteiger partial charge in [0.05, 0.1) is 41.6 Å². The number of fused-ring (bicyclic) bond motifs is 3. The normalized spacial score (nSPS) is 14.4. The molecular formula is C56H84AsN20O5PS. The van der Waals surface area contributed by atoms with Gasteiger partial charge in [0, 0.05) is 97.4 Å². The number of carbonyl (C=O) groups is 1. The second kappa shape index (κ2) is 31.8. The Morgan fingerprint density at radius 3 is 2.04 bits per heavy atom. The first kappa shape index (κ1) is 69.5. The molecule has 6 heterocycles. The molecular weight excluding hydrogens is 1170 g/mol. The van der Waals surface area contributed by atoms with E-state index in [-0.39, 0.29) is 35.7 Å². The van der Waals surface area contributed by atoms with Crippen LogP contribution in [0.4, 0.5) is 17.8 Å². The van der Waals surface area contributed by atoms with Crippen molar-refractivity contribution >= 4 is 87.4 Å². The van der Waals surface area contributed by atoms with Gasteiger partial charge in [0.15, 0.2) is 5.65 Å². The van der Waals surface area contributed by atoms with Crippen LogP contribution in [-0.2, 0) is 33.2 Å². The van der Waals surface area contributed by atoms with E-state index in [9.17, 15) is 19.9 Å². The molecule has 1 unspecified atom stereocenters. The van der Waals surface area contributed by atoms with E-state index in [1.807, 2.05) is 108 Å². The maximum absolute atomic E-state index is 12.9. The third kappa shape index (κ3) is 19.3. The number of amides is 1. The molecule has 1 aliphatic heterocycles. The zero-order chi connectivity index (χ0) is 61.2. The van der Waals surface area contributed by atoms with Gasteiger partial charge < -0.3 is 50.5 Å². The zero-order valence-electron chi connectivity index (χ0n) is 50.6. The Balaban J connectivity index is 0.000000233. The summed E-state index contributed by atoms with van der Waals surface area (Å²) in [4.78, 5) is 67.3. The molecule has 3 atom stereocenters. The van der Waals surface area contributed by atoms with Crippen LogP contribution in [-0.4, -0.2) is 204 Å². The van der Waals surface area contributed by atoms with E-state index in [0.29, 0.717) is 71.7 Å². The summed E-state index contributed by atoms with van der Waals surface area (Å²) in [6.07, 6.45) is 12.2. The maximum atomic E-state index is 12.9. The third-order valence-corrected chi connectivity index (χ3v) is 15.9. The van der Waals surface area contributed by atoms with Gasteiger partial charge in [-0.15, -0.1) is 0 Å². The van der Waals surface area contributed by atoms with E-state index in [0.717, 1.165) is 55.7 Å². The summed E-state index contributed by atoms with van der Waals surface area (Å²) in [6.45, 7) is 12.7. The van der Waals surface area contributed by atoms with Gasteiger partial charge in [0.2, 0.25) is 29.6 Å². The number of hydrogen-bond donors (Lipinski definition) is 7. The van der Waals surface area contributed by atoms with Gasteiger partial charge in [0.25, 0.3) is 0 Å². The molecule has 454 valence electrons. The van der Waals surface area contributed by atoms with Crippen molar-refractivity contribution in [3.8, 4) is 18.0 Å². The molecule has 7 aromatic rings. The Hall–Kier alpha value is -6.99. The van der Waals surface area contributed by atoms with Crippen molar-refractivity contribution in [3.63, 3.8) is 0 Å². The molecule has 8 N–H and O–H groups in total. The molecule has 0 radical (unpaired) electrons. The fraction of sp³-hybridized carbons (Fsp3) is 0.482. The van der Waals surface area contributed by atoms with Crippen LogP contribution in [0.1, 0.15) is 75.8 Å². The monoisotopic (exact) mass is 1250 g/mol. The van der Waals surface area contributed by atoms with Crippen LogP contribution in [0.25, 0.3) is 27.5 Å². The average molecular weight is 1260 g/mol. The number of likely N-dealkylation sites (N-methyl/N-ethyl adjacent to an activating group) is 1. The average Bonchev–Trinajstić information content (AvgIpc) is 3.63. The predicted octanol–water partition coefficient (Wildman–Crippen LogP) is 4.53. The summed E-state index contributed by atoms with van der Waals surface area (Å²) in [5, 5.41) is 43.1. The zero-order valence-corrected chi connectivity index (χ0v) is 55.3. The van der Waals surface area contributed by atoms with Crippen LogP contribution >= 0.6 is 18.2 Å².